The van der Waals surface area contributed by atoms with Crippen LogP contribution in [-0.4, -0.2) is 52.4 Å². The first-order valence-electron chi connectivity index (χ1n) is 8.28. The summed E-state index contributed by atoms with van der Waals surface area (Å²) < 4.78 is 44.6. The molecule has 0 aromatic carbocycles. The number of nitrogens with two attached hydrogens (primary N) is 1. The van der Waals surface area contributed by atoms with E-state index in [9.17, 15) is 19.2 Å². The fourth-order valence-electron chi connectivity index (χ4n) is 2.54. The number of carbonyl (C=O) groups is 3. The molecule has 0 bridgehead atoms. The Labute approximate surface area is 224 Å². The van der Waals surface area contributed by atoms with E-state index in [0.29, 0.717) is 0 Å². The van der Waals surface area contributed by atoms with Crippen molar-refractivity contribution in [3.8, 4) is 0 Å². The predicted octanol–water partition coefficient (Wildman–Crippen LogP) is -6.96. The SMILES string of the molecule is CC(=O)OC[C@H]1O[C@@H](n2ccc(N)nc2=O)[C@H](OC(C)=O)[C@@H]1OC(C)=O.[C-]#[O+].[C-]#[O+].[C-]#[O+].[Cl-].[Cl-].[Ru+2]. The first-order valence-corrected chi connectivity index (χ1v) is 8.28. The molecule has 35 heavy (non-hydrogen) atoms. The van der Waals surface area contributed by atoms with Crippen molar-refractivity contribution in [2.24, 2.45) is 0 Å². The Balaban J connectivity index is -0.000000309. The van der Waals surface area contributed by atoms with E-state index in [1.54, 1.807) is 0 Å². The molecule has 2 heterocycles. The van der Waals surface area contributed by atoms with Crippen LogP contribution < -0.4 is 36.2 Å². The molecule has 1 aromatic heterocycles. The number of aromatic nitrogens is 2. The van der Waals surface area contributed by atoms with Crippen LogP contribution in [-0.2, 0) is 66.8 Å². The summed E-state index contributed by atoms with van der Waals surface area (Å²) in [5, 5.41) is 0. The van der Waals surface area contributed by atoms with Gasteiger partial charge in [-0.25, -0.2) is 4.79 Å². The molecular formula is C18H19Cl2N3O11Ru. The number of nitrogens with zero attached hydrogens (tertiary/aromatic N) is 2. The van der Waals surface area contributed by atoms with Gasteiger partial charge in [0.15, 0.2) is 18.4 Å². The van der Waals surface area contributed by atoms with Crippen LogP contribution in [0.15, 0.2) is 17.1 Å². The van der Waals surface area contributed by atoms with Crippen molar-refractivity contribution in [2.45, 2.75) is 45.3 Å². The van der Waals surface area contributed by atoms with E-state index < -0.39 is 48.1 Å². The van der Waals surface area contributed by atoms with E-state index in [1.807, 2.05) is 0 Å². The van der Waals surface area contributed by atoms with Gasteiger partial charge in [-0.1, -0.05) is 0 Å². The number of anilines is 1. The van der Waals surface area contributed by atoms with Crippen LogP contribution in [0, 0.1) is 20.0 Å². The van der Waals surface area contributed by atoms with Gasteiger partial charge in [-0.05, 0) is 6.07 Å². The van der Waals surface area contributed by atoms with E-state index in [-0.39, 0.29) is 56.7 Å². The second-order valence-corrected chi connectivity index (χ2v) is 5.56. The number of ether oxygens (including phenoxy) is 4. The molecule has 1 aliphatic heterocycles. The molecule has 0 amide bonds. The third-order valence-corrected chi connectivity index (χ3v) is 3.47. The molecule has 17 heteroatoms. The zero-order valence-electron chi connectivity index (χ0n) is 18.2. The fourth-order valence-corrected chi connectivity index (χ4v) is 2.54. The Hall–Kier alpha value is -2.53. The summed E-state index contributed by atoms with van der Waals surface area (Å²) in [6.45, 7) is 16.8. The van der Waals surface area contributed by atoms with Crippen molar-refractivity contribution in [3.63, 3.8) is 0 Å². The summed E-state index contributed by atoms with van der Waals surface area (Å²) in [5.41, 5.74) is 4.72. The average Bonchev–Trinajstić information content (AvgIpc) is 3.07. The maximum atomic E-state index is 12.1. The second kappa shape index (κ2) is 23.2. The molecule has 0 radical (unpaired) electrons. The Kier molecular flexibility index (Phi) is 28.3. The molecule has 1 aromatic rings. The van der Waals surface area contributed by atoms with Crippen molar-refractivity contribution >= 4 is 23.7 Å². The maximum Gasteiger partial charge on any atom is 2.00 e. The van der Waals surface area contributed by atoms with Crippen molar-refractivity contribution in [2.75, 3.05) is 12.3 Å². The number of rotatable bonds is 5. The summed E-state index contributed by atoms with van der Waals surface area (Å²) in [6, 6.07) is 1.36. The van der Waals surface area contributed by atoms with E-state index in [4.69, 9.17) is 38.6 Å². The quantitative estimate of drug-likeness (QED) is 0.108. The number of hydrogen-bond donors (Lipinski definition) is 1. The molecule has 0 saturated carbocycles. The molecule has 2 N–H and O–H groups in total. The molecule has 1 aliphatic rings. The molecule has 1 fully saturated rings. The van der Waals surface area contributed by atoms with Gasteiger partial charge in [-0.15, -0.1) is 0 Å². The van der Waals surface area contributed by atoms with E-state index in [2.05, 4.69) is 24.9 Å². The molecule has 0 unspecified atom stereocenters. The van der Waals surface area contributed by atoms with Crippen LogP contribution in [0.4, 0.5) is 5.82 Å². The molecule has 14 nitrogen and oxygen atoms in total. The minimum atomic E-state index is -1.15. The average molecular weight is 625 g/mol. The largest absolute Gasteiger partial charge is 2.00 e. The van der Waals surface area contributed by atoms with Crippen molar-refractivity contribution in [1.82, 2.24) is 9.55 Å². The molecular weight excluding hydrogens is 606 g/mol. The molecule has 2 rings (SSSR count). The molecule has 194 valence electrons. The second-order valence-electron chi connectivity index (χ2n) is 5.56. The molecule has 1 saturated heterocycles. The van der Waals surface area contributed by atoms with Crippen LogP contribution >= 0.6 is 0 Å². The van der Waals surface area contributed by atoms with Gasteiger partial charge in [0.1, 0.15) is 18.5 Å². The Morgan fingerprint density at radius 2 is 1.46 bits per heavy atom. The number of esters is 3. The van der Waals surface area contributed by atoms with Gasteiger partial charge in [0, 0.05) is 27.0 Å². The summed E-state index contributed by atoms with van der Waals surface area (Å²) in [6.07, 6.45) is -3.04. The van der Waals surface area contributed by atoms with Gasteiger partial charge in [0.05, 0.1) is 0 Å². The normalized spacial score (nSPS) is 18.5. The van der Waals surface area contributed by atoms with Crippen LogP contribution in [0.2, 0.25) is 0 Å². The van der Waals surface area contributed by atoms with Crippen LogP contribution in [0.1, 0.15) is 27.0 Å². The molecule has 0 spiro atoms. The van der Waals surface area contributed by atoms with Gasteiger partial charge in [-0.2, -0.15) is 4.98 Å². The van der Waals surface area contributed by atoms with Crippen molar-refractivity contribution in [3.05, 3.63) is 42.7 Å². The zero-order valence-corrected chi connectivity index (χ0v) is 21.5. The van der Waals surface area contributed by atoms with Crippen LogP contribution in [0.3, 0.4) is 0 Å². The van der Waals surface area contributed by atoms with Gasteiger partial charge >= 0.3 is 77.0 Å². The third kappa shape index (κ3) is 14.5. The van der Waals surface area contributed by atoms with Gasteiger partial charge in [0.2, 0.25) is 0 Å². The van der Waals surface area contributed by atoms with E-state index in [0.717, 1.165) is 18.4 Å². The smallest absolute Gasteiger partial charge is 1.00 e. The Bertz CT molecular complexity index is 893. The monoisotopic (exact) mass is 625 g/mol. The van der Waals surface area contributed by atoms with E-state index >= 15 is 0 Å². The van der Waals surface area contributed by atoms with Crippen molar-refractivity contribution < 1.29 is 91.6 Å². The first kappa shape index (κ1) is 42.6. The maximum absolute atomic E-state index is 12.1. The van der Waals surface area contributed by atoms with Crippen LogP contribution in [0.25, 0.3) is 0 Å². The topological polar surface area (TPSA) is 209 Å². The fraction of sp³-hybridized carbons (Fsp3) is 0.444. The Morgan fingerprint density at radius 3 is 1.86 bits per heavy atom. The third-order valence-electron chi connectivity index (χ3n) is 3.47. The van der Waals surface area contributed by atoms with Gasteiger partial charge < -0.3 is 49.5 Å². The predicted molar refractivity (Wildman–Crippen MR) is 96.3 cm³/mol. The first-order chi connectivity index (χ1) is 15.2. The van der Waals surface area contributed by atoms with Gasteiger partial charge in [0.25, 0.3) is 0 Å². The zero-order chi connectivity index (χ0) is 25.4. The number of carbonyl (C=O) groups excluding carboxylic acids is 3. The molecule has 0 aliphatic carbocycles. The minimum Gasteiger partial charge on any atom is -1.00 e. The molecule has 4 atom stereocenters. The summed E-state index contributed by atoms with van der Waals surface area (Å²) >= 11 is 0. The standard InChI is InChI=1S/C15H19N3O8.3CO.2ClH.Ru/c1-7(19)23-6-10-12(24-8(2)20)13(25-9(3)21)14(26-10)18-5-4-11(16)17-15(18)22;3*1-2;;;/h4-5,10,12-14H,6H2,1-3H3,(H2,16,17,22);;;;2*1H;/q;;;;;;+2/p-2/t10-,12-,13-,14-;;;;;;/m1....../s1. The van der Waals surface area contributed by atoms with Gasteiger partial charge in [-0.3, -0.25) is 19.0 Å². The minimum absolute atomic E-state index is 0. The number of halogens is 2. The summed E-state index contributed by atoms with van der Waals surface area (Å²) in [5.74, 6) is -1.91. The van der Waals surface area contributed by atoms with E-state index in [1.165, 1.54) is 19.2 Å². The summed E-state index contributed by atoms with van der Waals surface area (Å²) in [7, 11) is 0. The Morgan fingerprint density at radius 1 is 1.00 bits per heavy atom. The summed E-state index contributed by atoms with van der Waals surface area (Å²) in [4.78, 5) is 49.7. The number of hydrogen-bond acceptors (Lipinski definition) is 10. The van der Waals surface area contributed by atoms with Crippen LogP contribution in [0.5, 0.6) is 0 Å². The number of nitrogen functional groups attached to an aromatic ring is 1. The van der Waals surface area contributed by atoms with Crippen molar-refractivity contribution in [1.29, 1.82) is 0 Å².